The monoisotopic (exact) mass is 488 g/mol. The number of benzene rings is 2. The second kappa shape index (κ2) is 9.93. The molecular formula is C25H28N8OS. The van der Waals surface area contributed by atoms with Gasteiger partial charge in [-0.1, -0.05) is 13.8 Å². The molecule has 0 spiro atoms. The van der Waals surface area contributed by atoms with E-state index in [4.69, 9.17) is 0 Å². The molecule has 5 rings (SSSR count). The fourth-order valence-corrected chi connectivity index (χ4v) is 4.56. The van der Waals surface area contributed by atoms with Gasteiger partial charge in [0.25, 0.3) is 5.91 Å². The number of fused-ring (bicyclic) bond motifs is 1. The van der Waals surface area contributed by atoms with Gasteiger partial charge in [-0.25, -0.2) is 4.98 Å². The van der Waals surface area contributed by atoms with E-state index < -0.39 is 0 Å². The number of hydrogen-bond acceptors (Lipinski definition) is 9. The normalized spacial score (nSPS) is 14.5. The third-order valence-corrected chi connectivity index (χ3v) is 6.73. The number of likely N-dealkylation sites (N-methyl/N-ethyl adjacent to an activating group) is 1. The molecule has 2 aromatic heterocycles. The number of carbonyl (C=O) groups excluding carboxylic acids is 1. The van der Waals surface area contributed by atoms with E-state index in [1.165, 1.54) is 0 Å². The van der Waals surface area contributed by atoms with Crippen molar-refractivity contribution in [1.29, 1.82) is 0 Å². The first kappa shape index (κ1) is 23.1. The number of rotatable bonds is 6. The minimum absolute atomic E-state index is 0.0660. The lowest BCUT2D eigenvalue weighted by Crippen LogP contribution is -2.47. The van der Waals surface area contributed by atoms with E-state index in [1.54, 1.807) is 11.3 Å². The van der Waals surface area contributed by atoms with Gasteiger partial charge in [0.15, 0.2) is 0 Å². The average molecular weight is 489 g/mol. The van der Waals surface area contributed by atoms with E-state index in [0.717, 1.165) is 47.8 Å². The van der Waals surface area contributed by atoms with Gasteiger partial charge in [-0.2, -0.15) is 15.0 Å². The molecule has 35 heavy (non-hydrogen) atoms. The number of anilines is 4. The number of hydrogen-bond donors (Lipinski definition) is 2. The van der Waals surface area contributed by atoms with Crippen molar-refractivity contribution in [1.82, 2.24) is 29.7 Å². The molecule has 9 nitrogen and oxygen atoms in total. The van der Waals surface area contributed by atoms with Crippen molar-refractivity contribution in [2.75, 3.05) is 43.9 Å². The quantitative estimate of drug-likeness (QED) is 0.410. The van der Waals surface area contributed by atoms with Crippen LogP contribution >= 0.6 is 11.3 Å². The Balaban J connectivity index is 1.32. The lowest BCUT2D eigenvalue weighted by molar-refractivity contribution is 0.0664. The first-order valence-electron chi connectivity index (χ1n) is 11.7. The molecule has 2 aromatic carbocycles. The molecule has 0 aliphatic carbocycles. The molecule has 10 heteroatoms. The van der Waals surface area contributed by atoms with Gasteiger partial charge in [0, 0.05) is 49.0 Å². The van der Waals surface area contributed by atoms with E-state index in [1.807, 2.05) is 66.7 Å². The maximum absolute atomic E-state index is 12.8. The molecule has 180 valence electrons. The average Bonchev–Trinajstić information content (AvgIpc) is 3.32. The molecule has 1 aliphatic heterocycles. The number of thiazole rings is 1. The largest absolute Gasteiger partial charge is 0.336 e. The molecule has 2 N–H and O–H groups in total. The van der Waals surface area contributed by atoms with Gasteiger partial charge in [-0.05, 0) is 49.5 Å². The molecule has 4 aromatic rings. The van der Waals surface area contributed by atoms with Crippen molar-refractivity contribution in [3.8, 4) is 0 Å². The second-order valence-electron chi connectivity index (χ2n) is 8.95. The highest BCUT2D eigenvalue weighted by molar-refractivity contribution is 7.16. The molecule has 1 amide bonds. The van der Waals surface area contributed by atoms with Crippen LogP contribution in [0.1, 0.15) is 35.9 Å². The second-order valence-corrected chi connectivity index (χ2v) is 9.84. The number of piperazine rings is 1. The predicted molar refractivity (Wildman–Crippen MR) is 140 cm³/mol. The first-order valence-corrected chi connectivity index (χ1v) is 12.5. The first-order chi connectivity index (χ1) is 16.9. The Morgan fingerprint density at radius 1 is 0.914 bits per heavy atom. The van der Waals surface area contributed by atoms with Crippen molar-refractivity contribution in [2.24, 2.45) is 0 Å². The molecule has 1 fully saturated rings. The highest BCUT2D eigenvalue weighted by atomic mass is 32.1. The zero-order valence-electron chi connectivity index (χ0n) is 20.0. The number of aromatic nitrogens is 4. The van der Waals surface area contributed by atoms with E-state index in [0.29, 0.717) is 23.3 Å². The summed E-state index contributed by atoms with van der Waals surface area (Å²) in [5.74, 6) is 1.80. The van der Waals surface area contributed by atoms with Crippen molar-refractivity contribution >= 4 is 50.7 Å². The zero-order valence-corrected chi connectivity index (χ0v) is 20.8. The summed E-state index contributed by atoms with van der Waals surface area (Å²) in [6.07, 6.45) is 0. The molecular weight excluding hydrogens is 460 g/mol. The Morgan fingerprint density at radius 3 is 2.26 bits per heavy atom. The molecule has 1 aliphatic rings. The van der Waals surface area contributed by atoms with Gasteiger partial charge in [0.05, 0.1) is 15.7 Å². The Labute approximate surface area is 208 Å². The van der Waals surface area contributed by atoms with Crippen LogP contribution < -0.4 is 10.6 Å². The lowest BCUT2D eigenvalue weighted by atomic mass is 10.1. The van der Waals surface area contributed by atoms with Gasteiger partial charge in [0.1, 0.15) is 5.82 Å². The zero-order chi connectivity index (χ0) is 24.4. The summed E-state index contributed by atoms with van der Waals surface area (Å²) in [6, 6.07) is 13.4. The minimum Gasteiger partial charge on any atom is -0.336 e. The standard InChI is InChI=1S/C25H28N8OS/c1-16(2)22-29-24(31-25(30-22)28-19-8-9-20-21(14-19)35-15-26-20)27-18-6-4-17(5-7-18)23(34)33-12-10-32(3)11-13-33/h4-9,14-16H,10-13H2,1-3H3,(H2,27,28,29,30,31). The summed E-state index contributed by atoms with van der Waals surface area (Å²) < 4.78 is 1.10. The van der Waals surface area contributed by atoms with Crippen LogP contribution in [-0.2, 0) is 0 Å². The molecule has 0 bridgehead atoms. The van der Waals surface area contributed by atoms with Crippen LogP contribution in [-0.4, -0.2) is 68.9 Å². The third kappa shape index (κ3) is 5.39. The summed E-state index contributed by atoms with van der Waals surface area (Å²) in [4.78, 5) is 35.0. The molecule has 0 radical (unpaired) electrons. The number of amides is 1. The Kier molecular flexibility index (Phi) is 6.56. The highest BCUT2D eigenvalue weighted by Gasteiger charge is 2.20. The fourth-order valence-electron chi connectivity index (χ4n) is 3.84. The summed E-state index contributed by atoms with van der Waals surface area (Å²) in [5, 5.41) is 6.55. The van der Waals surface area contributed by atoms with Gasteiger partial charge in [-0.3, -0.25) is 4.79 Å². The van der Waals surface area contributed by atoms with Crippen LogP contribution in [0.5, 0.6) is 0 Å². The smallest absolute Gasteiger partial charge is 0.253 e. The van der Waals surface area contributed by atoms with Crippen LogP contribution in [0.4, 0.5) is 23.3 Å². The highest BCUT2D eigenvalue weighted by Crippen LogP contribution is 2.25. The van der Waals surface area contributed by atoms with Crippen LogP contribution in [0.25, 0.3) is 10.2 Å². The molecule has 0 atom stereocenters. The van der Waals surface area contributed by atoms with Gasteiger partial charge < -0.3 is 20.4 Å². The number of carbonyl (C=O) groups is 1. The Bertz CT molecular complexity index is 1330. The van der Waals surface area contributed by atoms with Crippen molar-refractivity contribution in [2.45, 2.75) is 19.8 Å². The van der Waals surface area contributed by atoms with Crippen molar-refractivity contribution < 1.29 is 4.79 Å². The number of nitrogens with zero attached hydrogens (tertiary/aromatic N) is 6. The maximum Gasteiger partial charge on any atom is 0.253 e. The fraction of sp³-hybridized carbons (Fsp3) is 0.320. The van der Waals surface area contributed by atoms with Gasteiger partial charge in [0.2, 0.25) is 11.9 Å². The molecule has 3 heterocycles. The molecule has 1 saturated heterocycles. The summed E-state index contributed by atoms with van der Waals surface area (Å²) in [7, 11) is 2.08. The minimum atomic E-state index is 0.0660. The van der Waals surface area contributed by atoms with Gasteiger partial charge in [-0.15, -0.1) is 11.3 Å². The van der Waals surface area contributed by atoms with Crippen LogP contribution in [0, 0.1) is 0 Å². The van der Waals surface area contributed by atoms with E-state index in [9.17, 15) is 4.79 Å². The lowest BCUT2D eigenvalue weighted by Gasteiger charge is -2.32. The topological polar surface area (TPSA) is 99.2 Å². The predicted octanol–water partition coefficient (Wildman–Crippen LogP) is 4.48. The van der Waals surface area contributed by atoms with E-state index in [-0.39, 0.29) is 11.8 Å². The van der Waals surface area contributed by atoms with Crippen LogP contribution in [0.3, 0.4) is 0 Å². The third-order valence-electron chi connectivity index (χ3n) is 5.93. The summed E-state index contributed by atoms with van der Waals surface area (Å²) in [5.41, 5.74) is 5.17. The van der Waals surface area contributed by atoms with Crippen molar-refractivity contribution in [3.05, 3.63) is 59.4 Å². The van der Waals surface area contributed by atoms with Crippen LogP contribution in [0.15, 0.2) is 48.0 Å². The Morgan fingerprint density at radius 2 is 1.57 bits per heavy atom. The van der Waals surface area contributed by atoms with Gasteiger partial charge >= 0.3 is 0 Å². The van der Waals surface area contributed by atoms with E-state index in [2.05, 4.69) is 42.5 Å². The Hall–Kier alpha value is -3.63. The molecule has 0 unspecified atom stereocenters. The summed E-state index contributed by atoms with van der Waals surface area (Å²) >= 11 is 1.59. The molecule has 0 saturated carbocycles. The number of nitrogens with one attached hydrogen (secondary N) is 2. The SMILES string of the molecule is CC(C)c1nc(Nc2ccc(C(=O)N3CCN(C)CC3)cc2)nc(Nc2ccc3ncsc3c2)n1. The van der Waals surface area contributed by atoms with Crippen molar-refractivity contribution in [3.63, 3.8) is 0 Å². The van der Waals surface area contributed by atoms with E-state index >= 15 is 0 Å². The van der Waals surface area contributed by atoms with Crippen LogP contribution in [0.2, 0.25) is 0 Å². The maximum atomic E-state index is 12.8. The summed E-state index contributed by atoms with van der Waals surface area (Å²) in [6.45, 7) is 7.40.